The summed E-state index contributed by atoms with van der Waals surface area (Å²) in [6.07, 6.45) is 3.07. The fraction of sp³-hybridized carbons (Fsp3) is 0.333. The van der Waals surface area contributed by atoms with Gasteiger partial charge >= 0.3 is 0 Å². The van der Waals surface area contributed by atoms with Crippen LogP contribution in [0.15, 0.2) is 24.3 Å². The van der Waals surface area contributed by atoms with E-state index >= 15 is 0 Å². The summed E-state index contributed by atoms with van der Waals surface area (Å²) in [6, 6.07) is 7.78. The molecule has 1 aromatic carbocycles. The molecule has 0 heterocycles. The number of carbonyl (C=O) groups is 1. The molecule has 69 valence electrons. The predicted molar refractivity (Wildman–Crippen MR) is 54.7 cm³/mol. The number of rotatable bonds is 4. The van der Waals surface area contributed by atoms with Crippen LogP contribution in [0, 0.1) is 5.92 Å². The Balaban J connectivity index is 2.54. The molecule has 0 bridgehead atoms. The molecular formula is C12H15O. The van der Waals surface area contributed by atoms with E-state index in [0.29, 0.717) is 0 Å². The van der Waals surface area contributed by atoms with E-state index in [1.165, 1.54) is 11.5 Å². The van der Waals surface area contributed by atoms with E-state index in [2.05, 4.69) is 13.8 Å². The van der Waals surface area contributed by atoms with Crippen molar-refractivity contribution in [1.82, 2.24) is 0 Å². The summed E-state index contributed by atoms with van der Waals surface area (Å²) in [4.78, 5) is 10.4. The number of benzene rings is 1. The van der Waals surface area contributed by atoms with Gasteiger partial charge in [0.25, 0.3) is 0 Å². The lowest BCUT2D eigenvalue weighted by Crippen LogP contribution is -1.90. The number of carbonyl (C=O) groups excluding carboxylic acids is 1. The lowest BCUT2D eigenvalue weighted by molar-refractivity contribution is 0.112. The van der Waals surface area contributed by atoms with E-state index in [0.717, 1.165) is 24.7 Å². The molecule has 0 aliphatic carbocycles. The van der Waals surface area contributed by atoms with E-state index in [4.69, 9.17) is 0 Å². The summed E-state index contributed by atoms with van der Waals surface area (Å²) >= 11 is 0. The Morgan fingerprint density at radius 3 is 2.31 bits per heavy atom. The molecule has 0 unspecified atom stereocenters. The molecule has 1 heteroatoms. The van der Waals surface area contributed by atoms with E-state index in [1.54, 1.807) is 0 Å². The third-order valence-electron chi connectivity index (χ3n) is 2.03. The van der Waals surface area contributed by atoms with Crippen molar-refractivity contribution in [3.05, 3.63) is 41.3 Å². The summed E-state index contributed by atoms with van der Waals surface area (Å²) in [6.45, 7) is 4.28. The molecule has 0 saturated carbocycles. The lowest BCUT2D eigenvalue weighted by atomic mass is 10.0. The SMILES string of the molecule is C[C](C)CCc1ccc(C=O)cc1. The average molecular weight is 175 g/mol. The largest absolute Gasteiger partial charge is 0.298 e. The zero-order chi connectivity index (χ0) is 9.68. The average Bonchev–Trinajstić information content (AvgIpc) is 2.15. The maximum absolute atomic E-state index is 10.4. The molecule has 0 amide bonds. The minimum Gasteiger partial charge on any atom is -0.298 e. The van der Waals surface area contributed by atoms with Crippen molar-refractivity contribution in [3.63, 3.8) is 0 Å². The molecule has 1 nitrogen and oxygen atoms in total. The quantitative estimate of drug-likeness (QED) is 0.643. The summed E-state index contributed by atoms with van der Waals surface area (Å²) in [5.41, 5.74) is 2.05. The van der Waals surface area contributed by atoms with Crippen molar-refractivity contribution in [2.75, 3.05) is 0 Å². The Hall–Kier alpha value is -1.11. The smallest absolute Gasteiger partial charge is 0.150 e. The van der Waals surface area contributed by atoms with E-state index in [9.17, 15) is 4.79 Å². The first-order chi connectivity index (χ1) is 6.22. The fourth-order valence-corrected chi connectivity index (χ4v) is 1.16. The van der Waals surface area contributed by atoms with Crippen molar-refractivity contribution in [1.29, 1.82) is 0 Å². The third kappa shape index (κ3) is 3.41. The molecule has 0 N–H and O–H groups in total. The second kappa shape index (κ2) is 4.80. The van der Waals surface area contributed by atoms with Crippen molar-refractivity contribution in [2.24, 2.45) is 0 Å². The number of aldehydes is 1. The fourth-order valence-electron chi connectivity index (χ4n) is 1.16. The van der Waals surface area contributed by atoms with Gasteiger partial charge in [0.05, 0.1) is 0 Å². The summed E-state index contributed by atoms with van der Waals surface area (Å²) in [5.74, 6) is 1.44. The van der Waals surface area contributed by atoms with Gasteiger partial charge in [0.15, 0.2) is 0 Å². The first-order valence-corrected chi connectivity index (χ1v) is 4.55. The molecule has 0 saturated heterocycles. The first kappa shape index (κ1) is 9.97. The van der Waals surface area contributed by atoms with Crippen LogP contribution in [-0.2, 0) is 6.42 Å². The number of hydrogen-bond donors (Lipinski definition) is 0. The Labute approximate surface area is 79.8 Å². The molecule has 13 heavy (non-hydrogen) atoms. The molecule has 0 fully saturated rings. The Bertz CT molecular complexity index is 259. The number of aryl methyl sites for hydroxylation is 1. The highest BCUT2D eigenvalue weighted by Crippen LogP contribution is 2.10. The Morgan fingerprint density at radius 1 is 1.23 bits per heavy atom. The second-order valence-electron chi connectivity index (χ2n) is 3.57. The van der Waals surface area contributed by atoms with Crippen molar-refractivity contribution < 1.29 is 4.79 Å². The van der Waals surface area contributed by atoms with Gasteiger partial charge in [0.1, 0.15) is 6.29 Å². The van der Waals surface area contributed by atoms with Gasteiger partial charge in [-0.2, -0.15) is 0 Å². The monoisotopic (exact) mass is 175 g/mol. The highest BCUT2D eigenvalue weighted by atomic mass is 16.1. The van der Waals surface area contributed by atoms with Gasteiger partial charge < -0.3 is 0 Å². The maximum atomic E-state index is 10.4. The van der Waals surface area contributed by atoms with Crippen LogP contribution in [0.25, 0.3) is 0 Å². The van der Waals surface area contributed by atoms with Crippen LogP contribution in [-0.4, -0.2) is 6.29 Å². The van der Waals surface area contributed by atoms with Crippen LogP contribution in [0.3, 0.4) is 0 Å². The van der Waals surface area contributed by atoms with Crippen LogP contribution in [0.2, 0.25) is 0 Å². The van der Waals surface area contributed by atoms with Crippen LogP contribution < -0.4 is 0 Å². The van der Waals surface area contributed by atoms with E-state index in [1.807, 2.05) is 24.3 Å². The number of hydrogen-bond acceptors (Lipinski definition) is 1. The molecule has 1 rings (SSSR count). The summed E-state index contributed by atoms with van der Waals surface area (Å²) in [7, 11) is 0. The minimum absolute atomic E-state index is 0.751. The van der Waals surface area contributed by atoms with Gasteiger partial charge in [-0.15, -0.1) is 0 Å². The molecule has 1 radical (unpaired) electrons. The molecular weight excluding hydrogens is 160 g/mol. The van der Waals surface area contributed by atoms with Crippen LogP contribution in [0.4, 0.5) is 0 Å². The molecule has 0 atom stereocenters. The topological polar surface area (TPSA) is 17.1 Å². The van der Waals surface area contributed by atoms with Crippen molar-refractivity contribution in [3.8, 4) is 0 Å². The second-order valence-corrected chi connectivity index (χ2v) is 3.57. The van der Waals surface area contributed by atoms with Gasteiger partial charge in [0, 0.05) is 5.56 Å². The van der Waals surface area contributed by atoms with Crippen molar-refractivity contribution in [2.45, 2.75) is 26.7 Å². The molecule has 0 aromatic heterocycles. The van der Waals surface area contributed by atoms with Crippen LogP contribution in [0.1, 0.15) is 36.2 Å². The molecule has 0 aliphatic rings. The van der Waals surface area contributed by atoms with Gasteiger partial charge in [-0.25, -0.2) is 0 Å². The van der Waals surface area contributed by atoms with Gasteiger partial charge in [-0.05, 0) is 24.3 Å². The maximum Gasteiger partial charge on any atom is 0.150 e. The Morgan fingerprint density at radius 2 is 1.85 bits per heavy atom. The normalized spacial score (nSPS) is 10.4. The van der Waals surface area contributed by atoms with Crippen LogP contribution >= 0.6 is 0 Å². The predicted octanol–water partition coefficient (Wildman–Crippen LogP) is 3.05. The lowest BCUT2D eigenvalue weighted by Gasteiger charge is -2.03. The molecule has 1 aromatic rings. The van der Waals surface area contributed by atoms with Gasteiger partial charge in [-0.1, -0.05) is 38.1 Å². The first-order valence-electron chi connectivity index (χ1n) is 4.55. The van der Waals surface area contributed by atoms with Gasteiger partial charge in [-0.3, -0.25) is 4.79 Å². The highest BCUT2D eigenvalue weighted by molar-refractivity contribution is 5.74. The third-order valence-corrected chi connectivity index (χ3v) is 2.03. The zero-order valence-corrected chi connectivity index (χ0v) is 8.21. The zero-order valence-electron chi connectivity index (χ0n) is 8.21. The minimum atomic E-state index is 0.751. The summed E-state index contributed by atoms with van der Waals surface area (Å²) < 4.78 is 0. The van der Waals surface area contributed by atoms with Crippen molar-refractivity contribution >= 4 is 6.29 Å². The van der Waals surface area contributed by atoms with E-state index in [-0.39, 0.29) is 0 Å². The van der Waals surface area contributed by atoms with Gasteiger partial charge in [0.2, 0.25) is 0 Å². The summed E-state index contributed by atoms with van der Waals surface area (Å²) in [5, 5.41) is 0. The Kier molecular flexibility index (Phi) is 3.69. The molecule has 0 spiro atoms. The van der Waals surface area contributed by atoms with Crippen LogP contribution in [0.5, 0.6) is 0 Å². The standard InChI is InChI=1S/C12H15O/c1-10(2)3-4-11-5-7-12(9-13)8-6-11/h5-9H,3-4H2,1-2H3. The highest BCUT2D eigenvalue weighted by Gasteiger charge is 1.97. The molecule has 0 aliphatic heterocycles. The van der Waals surface area contributed by atoms with E-state index < -0.39 is 0 Å².